The van der Waals surface area contributed by atoms with Crippen molar-refractivity contribution in [2.75, 3.05) is 16.0 Å². The molecular formula is C28H32N6O5. The molecule has 0 unspecified atom stereocenters. The van der Waals surface area contributed by atoms with Gasteiger partial charge in [-0.25, -0.2) is 14.8 Å². The first-order valence-corrected chi connectivity index (χ1v) is 12.4. The van der Waals surface area contributed by atoms with Gasteiger partial charge in [-0.1, -0.05) is 36.4 Å². The molecule has 0 saturated carbocycles. The summed E-state index contributed by atoms with van der Waals surface area (Å²) in [5.41, 5.74) is 2.15. The molecule has 3 amide bonds. The van der Waals surface area contributed by atoms with E-state index in [2.05, 4.69) is 31.2 Å². The van der Waals surface area contributed by atoms with Crippen LogP contribution in [0.1, 0.15) is 55.2 Å². The van der Waals surface area contributed by atoms with E-state index in [0.29, 0.717) is 30.3 Å². The number of carbonyl (C=O) groups is 4. The van der Waals surface area contributed by atoms with Gasteiger partial charge in [0.2, 0.25) is 5.91 Å². The second kappa shape index (κ2) is 13.7. The van der Waals surface area contributed by atoms with E-state index in [1.54, 1.807) is 45.0 Å². The lowest BCUT2D eigenvalue weighted by Crippen LogP contribution is -2.27. The molecule has 0 aliphatic carbocycles. The van der Waals surface area contributed by atoms with Crippen molar-refractivity contribution < 1.29 is 23.9 Å². The summed E-state index contributed by atoms with van der Waals surface area (Å²) in [5, 5.41) is 11.3. The molecule has 0 aliphatic rings. The van der Waals surface area contributed by atoms with Crippen molar-refractivity contribution in [3.8, 4) is 0 Å². The van der Waals surface area contributed by atoms with Gasteiger partial charge in [0, 0.05) is 25.9 Å². The fourth-order valence-electron chi connectivity index (χ4n) is 3.28. The number of amides is 3. The number of aromatic nitrogens is 2. The average Bonchev–Trinajstić information content (AvgIpc) is 2.90. The summed E-state index contributed by atoms with van der Waals surface area (Å²) in [4.78, 5) is 55.3. The standard InChI is InChI=1S/C28H32N6O5/c1-28(2,3)39-27(38)34-22-8-5-4-7-21(22)33-26(37)23-17-31-24(18-29-23)30-15-19-10-12-20(13-11-19)16-32-25(36)9-6-14-35/h4-5,7-8,10-14,17-18H,6,9,15-16H2,1-3H3,(H,30,31)(H,32,36)(H,33,37)(H,34,38). The number of hydrogen-bond acceptors (Lipinski definition) is 8. The summed E-state index contributed by atoms with van der Waals surface area (Å²) in [5.74, 6) is -0.156. The number of hydrogen-bond donors (Lipinski definition) is 4. The minimum Gasteiger partial charge on any atom is -0.444 e. The van der Waals surface area contributed by atoms with Gasteiger partial charge >= 0.3 is 6.09 Å². The third-order valence-electron chi connectivity index (χ3n) is 5.17. The van der Waals surface area contributed by atoms with Crippen molar-refractivity contribution in [3.05, 3.63) is 77.7 Å². The van der Waals surface area contributed by atoms with Crippen LogP contribution in [0.15, 0.2) is 60.9 Å². The summed E-state index contributed by atoms with van der Waals surface area (Å²) in [6.07, 6.45) is 3.31. The lowest BCUT2D eigenvalue weighted by molar-refractivity contribution is -0.122. The Morgan fingerprint density at radius 1 is 0.872 bits per heavy atom. The van der Waals surface area contributed by atoms with Gasteiger partial charge in [-0.2, -0.15) is 0 Å². The molecule has 0 spiro atoms. The topological polar surface area (TPSA) is 151 Å². The number of carbonyl (C=O) groups excluding carboxylic acids is 4. The smallest absolute Gasteiger partial charge is 0.412 e. The van der Waals surface area contributed by atoms with Gasteiger partial charge in [0.1, 0.15) is 23.4 Å². The molecular weight excluding hydrogens is 500 g/mol. The Labute approximate surface area is 226 Å². The molecule has 0 atom stereocenters. The molecule has 4 N–H and O–H groups in total. The third-order valence-corrected chi connectivity index (χ3v) is 5.17. The predicted octanol–water partition coefficient (Wildman–Crippen LogP) is 4.28. The number of aldehydes is 1. The number of nitrogens with zero attached hydrogens (tertiary/aromatic N) is 2. The van der Waals surface area contributed by atoms with Crippen molar-refractivity contribution in [3.63, 3.8) is 0 Å². The molecule has 11 heteroatoms. The molecule has 1 heterocycles. The van der Waals surface area contributed by atoms with Crippen LogP contribution in [0.25, 0.3) is 0 Å². The third kappa shape index (κ3) is 9.88. The molecule has 0 fully saturated rings. The Morgan fingerprint density at radius 3 is 2.10 bits per heavy atom. The number of rotatable bonds is 11. The first-order valence-electron chi connectivity index (χ1n) is 12.4. The van der Waals surface area contributed by atoms with Gasteiger partial charge in [0.25, 0.3) is 5.91 Å². The molecule has 1 aromatic heterocycles. The normalized spacial score (nSPS) is 10.7. The molecule has 11 nitrogen and oxygen atoms in total. The maximum Gasteiger partial charge on any atom is 0.412 e. The molecule has 2 aromatic carbocycles. The minimum absolute atomic E-state index is 0.104. The zero-order valence-electron chi connectivity index (χ0n) is 22.1. The van der Waals surface area contributed by atoms with Crippen molar-refractivity contribution in [2.45, 2.75) is 52.3 Å². The summed E-state index contributed by atoms with van der Waals surface area (Å²) in [7, 11) is 0. The Kier molecular flexibility index (Phi) is 10.1. The first kappa shape index (κ1) is 28.8. The molecule has 0 aliphatic heterocycles. The van der Waals surface area contributed by atoms with Gasteiger partial charge in [0.05, 0.1) is 23.8 Å². The SMILES string of the molecule is CC(C)(C)OC(=O)Nc1ccccc1NC(=O)c1cnc(NCc2ccc(CNC(=O)CCC=O)cc2)cn1. The van der Waals surface area contributed by atoms with Crippen LogP contribution in [-0.4, -0.2) is 39.8 Å². The van der Waals surface area contributed by atoms with E-state index < -0.39 is 17.6 Å². The van der Waals surface area contributed by atoms with Crippen LogP contribution in [0.3, 0.4) is 0 Å². The van der Waals surface area contributed by atoms with Crippen LogP contribution in [0.4, 0.5) is 22.0 Å². The summed E-state index contributed by atoms with van der Waals surface area (Å²) in [6, 6.07) is 14.4. The van der Waals surface area contributed by atoms with Crippen LogP contribution in [-0.2, 0) is 27.4 Å². The van der Waals surface area contributed by atoms with Gasteiger partial charge in [-0.3, -0.25) is 14.9 Å². The van der Waals surface area contributed by atoms with Crippen LogP contribution in [0, 0.1) is 0 Å². The van der Waals surface area contributed by atoms with E-state index in [1.807, 2.05) is 24.3 Å². The van der Waals surface area contributed by atoms with E-state index in [-0.39, 0.29) is 24.4 Å². The van der Waals surface area contributed by atoms with Gasteiger partial charge in [0.15, 0.2) is 0 Å². The predicted molar refractivity (Wildman–Crippen MR) is 147 cm³/mol. The van der Waals surface area contributed by atoms with Crippen LogP contribution in [0.5, 0.6) is 0 Å². The Bertz CT molecular complexity index is 1290. The molecule has 0 radical (unpaired) electrons. The van der Waals surface area contributed by atoms with E-state index in [4.69, 9.17) is 4.74 Å². The Morgan fingerprint density at radius 2 is 1.51 bits per heavy atom. The van der Waals surface area contributed by atoms with Gasteiger partial charge in [-0.05, 0) is 44.0 Å². The zero-order valence-corrected chi connectivity index (χ0v) is 22.1. The quantitative estimate of drug-likeness (QED) is 0.267. The van der Waals surface area contributed by atoms with E-state index in [0.717, 1.165) is 17.4 Å². The maximum absolute atomic E-state index is 12.7. The van der Waals surface area contributed by atoms with Gasteiger partial charge in [-0.15, -0.1) is 0 Å². The lowest BCUT2D eigenvalue weighted by Gasteiger charge is -2.20. The fraction of sp³-hybridized carbons (Fsp3) is 0.286. The van der Waals surface area contributed by atoms with Crippen LogP contribution in [0.2, 0.25) is 0 Å². The molecule has 0 saturated heterocycles. The van der Waals surface area contributed by atoms with Gasteiger partial charge < -0.3 is 25.5 Å². The molecule has 39 heavy (non-hydrogen) atoms. The van der Waals surface area contributed by atoms with Crippen molar-refractivity contribution in [2.24, 2.45) is 0 Å². The monoisotopic (exact) mass is 532 g/mol. The number of nitrogens with one attached hydrogen (secondary N) is 4. The lowest BCUT2D eigenvalue weighted by atomic mass is 10.1. The molecule has 204 valence electrons. The summed E-state index contributed by atoms with van der Waals surface area (Å²) < 4.78 is 5.27. The number of ether oxygens (including phenoxy) is 1. The summed E-state index contributed by atoms with van der Waals surface area (Å²) >= 11 is 0. The van der Waals surface area contributed by atoms with Crippen LogP contribution >= 0.6 is 0 Å². The first-order chi connectivity index (χ1) is 18.6. The second-order valence-electron chi connectivity index (χ2n) is 9.57. The number of para-hydroxylation sites is 2. The highest BCUT2D eigenvalue weighted by atomic mass is 16.6. The highest BCUT2D eigenvalue weighted by molar-refractivity contribution is 6.05. The number of anilines is 3. The Balaban J connectivity index is 1.51. The van der Waals surface area contributed by atoms with E-state index >= 15 is 0 Å². The zero-order chi connectivity index (χ0) is 28.3. The minimum atomic E-state index is -0.658. The number of benzene rings is 2. The van der Waals surface area contributed by atoms with Crippen molar-refractivity contribution in [1.82, 2.24) is 15.3 Å². The highest BCUT2D eigenvalue weighted by Crippen LogP contribution is 2.22. The molecule has 0 bridgehead atoms. The molecule has 3 aromatic rings. The fourth-order valence-corrected chi connectivity index (χ4v) is 3.28. The molecule has 3 rings (SSSR count). The van der Waals surface area contributed by atoms with E-state index in [1.165, 1.54) is 12.4 Å². The average molecular weight is 533 g/mol. The summed E-state index contributed by atoms with van der Waals surface area (Å²) in [6.45, 7) is 6.16. The van der Waals surface area contributed by atoms with E-state index in [9.17, 15) is 19.2 Å². The largest absolute Gasteiger partial charge is 0.444 e. The Hall–Kier alpha value is -4.80. The second-order valence-corrected chi connectivity index (χ2v) is 9.57. The maximum atomic E-state index is 12.7. The highest BCUT2D eigenvalue weighted by Gasteiger charge is 2.18. The van der Waals surface area contributed by atoms with Crippen LogP contribution < -0.4 is 21.3 Å². The van der Waals surface area contributed by atoms with Crippen molar-refractivity contribution in [1.29, 1.82) is 0 Å². The van der Waals surface area contributed by atoms with Crippen molar-refractivity contribution >= 4 is 41.4 Å².